The summed E-state index contributed by atoms with van der Waals surface area (Å²) in [6.07, 6.45) is 0. The van der Waals surface area contributed by atoms with E-state index in [0.717, 1.165) is 47.2 Å². The lowest BCUT2D eigenvalue weighted by Gasteiger charge is -2.18. The summed E-state index contributed by atoms with van der Waals surface area (Å²) in [5.41, 5.74) is 2.61. The number of fused-ring (bicyclic) bond motifs is 1. The predicted octanol–water partition coefficient (Wildman–Crippen LogP) is 3.82. The van der Waals surface area contributed by atoms with Crippen molar-refractivity contribution in [3.63, 3.8) is 0 Å². The Morgan fingerprint density at radius 2 is 1.81 bits per heavy atom. The lowest BCUT2D eigenvalue weighted by molar-refractivity contribution is -0.122. The van der Waals surface area contributed by atoms with Gasteiger partial charge in [-0.2, -0.15) is 0 Å². The molecule has 0 spiro atoms. The molecule has 5 heteroatoms. The minimum absolute atomic E-state index is 0.142. The first kappa shape index (κ1) is 17.6. The molecule has 140 valence electrons. The van der Waals surface area contributed by atoms with E-state index in [9.17, 15) is 4.79 Å². The molecule has 0 aromatic heterocycles. The number of carbonyl (C=O) groups is 1. The van der Waals surface area contributed by atoms with Crippen LogP contribution in [-0.2, 0) is 10.2 Å². The van der Waals surface area contributed by atoms with Gasteiger partial charge >= 0.3 is 0 Å². The molecule has 0 atom stereocenters. The number of anilines is 1. The minimum atomic E-state index is -0.487. The highest BCUT2D eigenvalue weighted by Gasteiger charge is 2.43. The van der Waals surface area contributed by atoms with Crippen LogP contribution in [0.1, 0.15) is 31.9 Å². The molecule has 2 aliphatic heterocycles. The van der Waals surface area contributed by atoms with Gasteiger partial charge < -0.3 is 14.5 Å². The Balaban J connectivity index is 1.58. The number of hydrogen-bond donors (Lipinski definition) is 0. The molecule has 2 aromatic rings. The monoisotopic (exact) mass is 363 g/mol. The van der Waals surface area contributed by atoms with Crippen molar-refractivity contribution >= 4 is 17.4 Å². The van der Waals surface area contributed by atoms with Crippen LogP contribution in [0.4, 0.5) is 5.69 Å². The van der Waals surface area contributed by atoms with Crippen LogP contribution in [-0.4, -0.2) is 43.3 Å². The maximum Gasteiger partial charge on any atom is 0.237 e. The molecule has 0 bridgehead atoms. The van der Waals surface area contributed by atoms with Crippen LogP contribution in [0.15, 0.2) is 47.5 Å². The van der Waals surface area contributed by atoms with Gasteiger partial charge in [-0.15, -0.1) is 0 Å². The van der Waals surface area contributed by atoms with Gasteiger partial charge in [-0.25, -0.2) is 0 Å². The van der Waals surface area contributed by atoms with Crippen LogP contribution in [0, 0.1) is 0 Å². The molecule has 1 amide bonds. The Hall–Kier alpha value is -2.82. The maximum atomic E-state index is 12.6. The first-order valence-electron chi connectivity index (χ1n) is 9.42. The summed E-state index contributed by atoms with van der Waals surface area (Å²) >= 11 is 0. The molecule has 0 N–H and O–H groups in total. The molecule has 0 radical (unpaired) electrons. The van der Waals surface area contributed by atoms with Gasteiger partial charge in [0.25, 0.3) is 0 Å². The van der Waals surface area contributed by atoms with E-state index < -0.39 is 5.41 Å². The third-order valence-corrected chi connectivity index (χ3v) is 5.44. The van der Waals surface area contributed by atoms with Gasteiger partial charge in [-0.05, 0) is 56.7 Å². The molecule has 0 aliphatic carbocycles. The number of carbonyl (C=O) groups excluding carboxylic acids is 1. The summed E-state index contributed by atoms with van der Waals surface area (Å²) in [6.45, 7) is 8.42. The Morgan fingerprint density at radius 3 is 2.44 bits per heavy atom. The summed E-state index contributed by atoms with van der Waals surface area (Å²) in [4.78, 5) is 21.2. The topological polar surface area (TPSA) is 45.1 Å². The summed E-state index contributed by atoms with van der Waals surface area (Å²) < 4.78 is 6.05. The average Bonchev–Trinajstić information content (AvgIpc) is 3.16. The van der Waals surface area contributed by atoms with Gasteiger partial charge in [0.15, 0.2) is 0 Å². The van der Waals surface area contributed by atoms with E-state index in [1.807, 2.05) is 68.1 Å². The number of amidine groups is 1. The molecular weight excluding hydrogens is 338 g/mol. The summed E-state index contributed by atoms with van der Waals surface area (Å²) in [5.74, 6) is 2.67. The zero-order chi connectivity index (χ0) is 19.2. The van der Waals surface area contributed by atoms with Crippen LogP contribution < -0.4 is 9.64 Å². The van der Waals surface area contributed by atoms with Gasteiger partial charge in [0.2, 0.25) is 5.91 Å². The summed E-state index contributed by atoms with van der Waals surface area (Å²) in [7, 11) is 2.06. The minimum Gasteiger partial charge on any atom is -0.457 e. The van der Waals surface area contributed by atoms with E-state index in [4.69, 9.17) is 4.74 Å². The predicted molar refractivity (Wildman–Crippen MR) is 108 cm³/mol. The van der Waals surface area contributed by atoms with E-state index >= 15 is 0 Å². The van der Waals surface area contributed by atoms with Crippen molar-refractivity contribution in [2.75, 3.05) is 31.6 Å². The molecule has 0 fully saturated rings. The molecule has 2 aromatic carbocycles. The fraction of sp³-hybridized carbons (Fsp3) is 0.364. The zero-order valence-electron chi connectivity index (χ0n) is 16.3. The second-order valence-electron chi connectivity index (χ2n) is 7.61. The molecule has 2 heterocycles. The van der Waals surface area contributed by atoms with E-state index in [-0.39, 0.29) is 5.91 Å². The van der Waals surface area contributed by atoms with Crippen LogP contribution in [0.5, 0.6) is 11.5 Å². The Labute approximate surface area is 160 Å². The molecule has 0 unspecified atom stereocenters. The largest absolute Gasteiger partial charge is 0.457 e. The first-order chi connectivity index (χ1) is 12.9. The third-order valence-electron chi connectivity index (χ3n) is 5.44. The first-order valence-corrected chi connectivity index (χ1v) is 9.42. The molecule has 5 nitrogen and oxygen atoms in total. The fourth-order valence-corrected chi connectivity index (χ4v) is 3.86. The second kappa shape index (κ2) is 6.41. The third kappa shape index (κ3) is 2.87. The molecule has 0 saturated heterocycles. The number of amides is 1. The van der Waals surface area contributed by atoms with Crippen molar-refractivity contribution in [3.8, 4) is 11.5 Å². The average molecular weight is 363 g/mol. The van der Waals surface area contributed by atoms with E-state index in [1.54, 1.807) is 0 Å². The van der Waals surface area contributed by atoms with E-state index in [1.165, 1.54) is 0 Å². The van der Waals surface area contributed by atoms with Crippen molar-refractivity contribution in [1.82, 2.24) is 4.90 Å². The van der Waals surface area contributed by atoms with Gasteiger partial charge in [-0.3, -0.25) is 9.79 Å². The molecule has 4 rings (SSSR count). The normalized spacial score (nSPS) is 17.9. The zero-order valence-corrected chi connectivity index (χ0v) is 16.3. The van der Waals surface area contributed by atoms with Crippen molar-refractivity contribution in [2.24, 2.45) is 4.99 Å². The molecule has 27 heavy (non-hydrogen) atoms. The van der Waals surface area contributed by atoms with Crippen molar-refractivity contribution in [1.29, 1.82) is 0 Å². The quantitative estimate of drug-likeness (QED) is 0.830. The highest BCUT2D eigenvalue weighted by atomic mass is 16.5. The summed E-state index contributed by atoms with van der Waals surface area (Å²) in [5, 5.41) is 0. The SMILES string of the molecule is CCN1C(=O)C(C)(C)c2ccc(Oc3ccc(C4=NCCN4C)cc3)cc21. The van der Waals surface area contributed by atoms with E-state index in [2.05, 4.69) is 16.9 Å². The number of benzene rings is 2. The van der Waals surface area contributed by atoms with Crippen molar-refractivity contribution < 1.29 is 9.53 Å². The highest BCUT2D eigenvalue weighted by molar-refractivity contribution is 6.07. The number of ether oxygens (including phenoxy) is 1. The molecule has 0 saturated carbocycles. The van der Waals surface area contributed by atoms with Gasteiger partial charge in [0.05, 0.1) is 17.6 Å². The number of hydrogen-bond acceptors (Lipinski definition) is 4. The molecular formula is C22H25N3O2. The fourth-order valence-electron chi connectivity index (χ4n) is 3.86. The number of nitrogens with zero attached hydrogens (tertiary/aromatic N) is 3. The van der Waals surface area contributed by atoms with Crippen molar-refractivity contribution in [2.45, 2.75) is 26.2 Å². The maximum absolute atomic E-state index is 12.6. The van der Waals surface area contributed by atoms with Gasteiger partial charge in [0, 0.05) is 31.8 Å². The number of likely N-dealkylation sites (N-methyl/N-ethyl adjacent to an activating group) is 2. The summed E-state index contributed by atoms with van der Waals surface area (Å²) in [6, 6.07) is 13.9. The lowest BCUT2D eigenvalue weighted by Crippen LogP contribution is -2.35. The number of rotatable bonds is 4. The van der Waals surface area contributed by atoms with Crippen molar-refractivity contribution in [3.05, 3.63) is 53.6 Å². The highest BCUT2D eigenvalue weighted by Crippen LogP contribution is 2.43. The second-order valence-corrected chi connectivity index (χ2v) is 7.61. The Morgan fingerprint density at radius 1 is 1.11 bits per heavy atom. The smallest absolute Gasteiger partial charge is 0.237 e. The van der Waals surface area contributed by atoms with Gasteiger partial charge in [-0.1, -0.05) is 6.07 Å². The van der Waals surface area contributed by atoms with Gasteiger partial charge in [0.1, 0.15) is 17.3 Å². The van der Waals surface area contributed by atoms with Crippen LogP contribution in [0.25, 0.3) is 0 Å². The molecule has 2 aliphatic rings. The lowest BCUT2D eigenvalue weighted by atomic mass is 9.86. The van der Waals surface area contributed by atoms with E-state index in [0.29, 0.717) is 6.54 Å². The van der Waals surface area contributed by atoms with Crippen LogP contribution in [0.3, 0.4) is 0 Å². The standard InChI is InChI=1S/C22H25N3O2/c1-5-25-19-14-17(10-11-18(19)22(2,3)21(25)26)27-16-8-6-15(7-9-16)20-23-12-13-24(20)4/h6-11,14H,5,12-13H2,1-4H3. The van der Waals surface area contributed by atoms with Crippen LogP contribution in [0.2, 0.25) is 0 Å². The number of aliphatic imine (C=N–C) groups is 1. The Kier molecular flexibility index (Phi) is 4.17. The Bertz CT molecular complexity index is 916. The van der Waals surface area contributed by atoms with Crippen LogP contribution >= 0.6 is 0 Å².